The molecule has 0 radical (unpaired) electrons. The van der Waals surface area contributed by atoms with Crippen LogP contribution in [0, 0.1) is 0 Å². The van der Waals surface area contributed by atoms with Gasteiger partial charge < -0.3 is 10.6 Å². The number of carbonyl (C=O) groups is 1. The molecule has 0 unspecified atom stereocenters. The normalized spacial score (nSPS) is 11.8. The molecule has 0 aromatic heterocycles. The standard InChI is InChI=1S/C15H14Br2N2O/c1-10(18-13-7-5-11(16)6-8-13)15(20)19-14-4-2-3-12(17)9-14/h2-10,18H,1H3,(H,19,20)/t10-/m0/s1. The fraction of sp³-hybridized carbons (Fsp3) is 0.133. The van der Waals surface area contributed by atoms with Crippen molar-refractivity contribution in [3.63, 3.8) is 0 Å². The minimum absolute atomic E-state index is 0.0778. The Bertz CT molecular complexity index is 599. The van der Waals surface area contributed by atoms with Crippen LogP contribution in [-0.4, -0.2) is 11.9 Å². The van der Waals surface area contributed by atoms with Crippen LogP contribution in [0.5, 0.6) is 0 Å². The van der Waals surface area contributed by atoms with Gasteiger partial charge in [0.1, 0.15) is 6.04 Å². The number of hydrogen-bond donors (Lipinski definition) is 2. The van der Waals surface area contributed by atoms with E-state index in [0.717, 1.165) is 20.3 Å². The summed E-state index contributed by atoms with van der Waals surface area (Å²) in [5.74, 6) is -0.0778. The Kier molecular flexibility index (Phi) is 5.20. The van der Waals surface area contributed by atoms with Crippen LogP contribution in [0.1, 0.15) is 6.92 Å². The zero-order valence-corrected chi connectivity index (χ0v) is 14.0. The van der Waals surface area contributed by atoms with Crippen LogP contribution in [0.15, 0.2) is 57.5 Å². The van der Waals surface area contributed by atoms with Crippen molar-refractivity contribution in [2.24, 2.45) is 0 Å². The van der Waals surface area contributed by atoms with E-state index >= 15 is 0 Å². The summed E-state index contributed by atoms with van der Waals surface area (Å²) in [6.07, 6.45) is 0. The number of hydrogen-bond acceptors (Lipinski definition) is 2. The van der Waals surface area contributed by atoms with Gasteiger partial charge in [-0.25, -0.2) is 0 Å². The predicted octanol–water partition coefficient (Wildman–Crippen LogP) is 4.65. The lowest BCUT2D eigenvalue weighted by Crippen LogP contribution is -2.31. The van der Waals surface area contributed by atoms with Gasteiger partial charge in [0.2, 0.25) is 5.91 Å². The van der Waals surface area contributed by atoms with E-state index in [-0.39, 0.29) is 11.9 Å². The Morgan fingerprint density at radius 3 is 2.35 bits per heavy atom. The maximum atomic E-state index is 12.1. The zero-order valence-electron chi connectivity index (χ0n) is 10.9. The third-order valence-electron chi connectivity index (χ3n) is 2.71. The molecule has 3 nitrogen and oxygen atoms in total. The quantitative estimate of drug-likeness (QED) is 0.788. The summed E-state index contributed by atoms with van der Waals surface area (Å²) in [6.45, 7) is 1.83. The van der Waals surface area contributed by atoms with Crippen LogP contribution >= 0.6 is 31.9 Å². The molecule has 2 rings (SSSR count). The molecule has 0 aliphatic rings. The van der Waals surface area contributed by atoms with Crippen molar-refractivity contribution in [1.82, 2.24) is 0 Å². The van der Waals surface area contributed by atoms with Crippen molar-refractivity contribution in [3.8, 4) is 0 Å². The van der Waals surface area contributed by atoms with Crippen LogP contribution in [0.25, 0.3) is 0 Å². The Hall–Kier alpha value is -1.33. The Labute approximate surface area is 135 Å². The molecule has 0 spiro atoms. The smallest absolute Gasteiger partial charge is 0.246 e. The molecule has 0 aliphatic carbocycles. The number of nitrogens with one attached hydrogen (secondary N) is 2. The average Bonchev–Trinajstić information content (AvgIpc) is 2.41. The van der Waals surface area contributed by atoms with E-state index in [1.807, 2.05) is 55.5 Å². The number of rotatable bonds is 4. The largest absolute Gasteiger partial charge is 0.374 e. The van der Waals surface area contributed by atoms with E-state index in [1.165, 1.54) is 0 Å². The lowest BCUT2D eigenvalue weighted by atomic mass is 10.2. The second kappa shape index (κ2) is 6.90. The number of halogens is 2. The van der Waals surface area contributed by atoms with Gasteiger partial charge in [-0.2, -0.15) is 0 Å². The molecule has 0 aliphatic heterocycles. The summed E-state index contributed by atoms with van der Waals surface area (Å²) < 4.78 is 1.94. The minimum atomic E-state index is -0.324. The summed E-state index contributed by atoms with van der Waals surface area (Å²) in [5, 5.41) is 6.03. The van der Waals surface area contributed by atoms with Crippen molar-refractivity contribution in [2.45, 2.75) is 13.0 Å². The summed E-state index contributed by atoms with van der Waals surface area (Å²) in [6, 6.07) is 14.9. The predicted molar refractivity (Wildman–Crippen MR) is 90.0 cm³/mol. The van der Waals surface area contributed by atoms with Gasteiger partial charge in [-0.3, -0.25) is 4.79 Å². The molecule has 20 heavy (non-hydrogen) atoms. The van der Waals surface area contributed by atoms with Gasteiger partial charge in [-0.1, -0.05) is 37.9 Å². The fourth-order valence-corrected chi connectivity index (χ4v) is 2.34. The molecule has 104 valence electrons. The first-order valence-electron chi connectivity index (χ1n) is 6.13. The minimum Gasteiger partial charge on any atom is -0.374 e. The van der Waals surface area contributed by atoms with Crippen LogP contribution in [0.4, 0.5) is 11.4 Å². The van der Waals surface area contributed by atoms with Gasteiger partial charge in [-0.15, -0.1) is 0 Å². The molecular weight excluding hydrogens is 384 g/mol. The van der Waals surface area contributed by atoms with E-state index in [9.17, 15) is 4.79 Å². The van der Waals surface area contributed by atoms with Crippen LogP contribution in [0.2, 0.25) is 0 Å². The van der Waals surface area contributed by atoms with Gasteiger partial charge >= 0.3 is 0 Å². The topological polar surface area (TPSA) is 41.1 Å². The average molecular weight is 398 g/mol. The van der Waals surface area contributed by atoms with Gasteiger partial charge in [0.15, 0.2) is 0 Å². The summed E-state index contributed by atoms with van der Waals surface area (Å²) in [7, 11) is 0. The van der Waals surface area contributed by atoms with E-state index in [0.29, 0.717) is 0 Å². The van der Waals surface area contributed by atoms with Crippen LogP contribution < -0.4 is 10.6 Å². The van der Waals surface area contributed by atoms with Crippen molar-refractivity contribution in [2.75, 3.05) is 10.6 Å². The maximum absolute atomic E-state index is 12.1. The van der Waals surface area contributed by atoms with Crippen molar-refractivity contribution >= 4 is 49.1 Å². The summed E-state index contributed by atoms with van der Waals surface area (Å²) >= 11 is 6.76. The van der Waals surface area contributed by atoms with Crippen LogP contribution in [-0.2, 0) is 4.79 Å². The van der Waals surface area contributed by atoms with E-state index < -0.39 is 0 Å². The Morgan fingerprint density at radius 2 is 1.70 bits per heavy atom. The van der Waals surface area contributed by atoms with Crippen LogP contribution in [0.3, 0.4) is 0 Å². The number of carbonyl (C=O) groups excluding carboxylic acids is 1. The lowest BCUT2D eigenvalue weighted by Gasteiger charge is -2.15. The highest BCUT2D eigenvalue weighted by Gasteiger charge is 2.12. The number of anilines is 2. The molecular formula is C15H14Br2N2O. The third-order valence-corrected chi connectivity index (χ3v) is 3.73. The first kappa shape index (κ1) is 15.1. The van der Waals surface area contributed by atoms with Gasteiger partial charge in [0.05, 0.1) is 0 Å². The molecule has 2 N–H and O–H groups in total. The second-order valence-electron chi connectivity index (χ2n) is 4.37. The first-order valence-corrected chi connectivity index (χ1v) is 7.72. The summed E-state index contributed by atoms with van der Waals surface area (Å²) in [4.78, 5) is 12.1. The van der Waals surface area contributed by atoms with Crippen molar-refractivity contribution in [3.05, 3.63) is 57.5 Å². The highest BCUT2D eigenvalue weighted by molar-refractivity contribution is 9.10. The van der Waals surface area contributed by atoms with E-state index in [4.69, 9.17) is 0 Å². The molecule has 0 saturated carbocycles. The van der Waals surface area contributed by atoms with Gasteiger partial charge in [0, 0.05) is 20.3 Å². The number of amides is 1. The molecule has 0 fully saturated rings. The lowest BCUT2D eigenvalue weighted by molar-refractivity contribution is -0.116. The first-order chi connectivity index (χ1) is 9.54. The van der Waals surface area contributed by atoms with Gasteiger partial charge in [-0.05, 0) is 49.4 Å². The van der Waals surface area contributed by atoms with Crippen molar-refractivity contribution in [1.29, 1.82) is 0 Å². The molecule has 1 atom stereocenters. The SMILES string of the molecule is C[C@H](Nc1ccc(Br)cc1)C(=O)Nc1cccc(Br)c1. The summed E-state index contributed by atoms with van der Waals surface area (Å²) in [5.41, 5.74) is 1.68. The Morgan fingerprint density at radius 1 is 1.00 bits per heavy atom. The molecule has 1 amide bonds. The molecule has 5 heteroatoms. The fourth-order valence-electron chi connectivity index (χ4n) is 1.68. The zero-order chi connectivity index (χ0) is 14.5. The Balaban J connectivity index is 1.96. The van der Waals surface area contributed by atoms with Crippen molar-refractivity contribution < 1.29 is 4.79 Å². The van der Waals surface area contributed by atoms with E-state index in [2.05, 4.69) is 42.5 Å². The third kappa shape index (κ3) is 4.35. The highest BCUT2D eigenvalue weighted by Crippen LogP contribution is 2.17. The molecule has 0 heterocycles. The molecule has 2 aromatic carbocycles. The monoisotopic (exact) mass is 396 g/mol. The molecule has 0 saturated heterocycles. The maximum Gasteiger partial charge on any atom is 0.246 e. The molecule has 2 aromatic rings. The highest BCUT2D eigenvalue weighted by atomic mass is 79.9. The second-order valence-corrected chi connectivity index (χ2v) is 6.20. The van der Waals surface area contributed by atoms with E-state index in [1.54, 1.807) is 0 Å². The van der Waals surface area contributed by atoms with Gasteiger partial charge in [0.25, 0.3) is 0 Å². The molecule has 0 bridgehead atoms. The number of benzene rings is 2.